The lowest BCUT2D eigenvalue weighted by Gasteiger charge is -2.29. The highest BCUT2D eigenvalue weighted by Crippen LogP contribution is 2.39. The molecule has 1 saturated heterocycles. The first-order valence-corrected chi connectivity index (χ1v) is 15.1. The maximum absolute atomic E-state index is 13.3. The molecule has 10 heteroatoms. The maximum Gasteiger partial charge on any atom is 0.341 e. The average molecular weight is 532 g/mol. The smallest absolute Gasteiger partial charge is 0.341 e. The number of anilines is 2. The van der Waals surface area contributed by atoms with Gasteiger partial charge in [0.15, 0.2) is 0 Å². The number of aryl methyl sites for hydroxylation is 1. The Morgan fingerprint density at radius 1 is 1.11 bits per heavy atom. The Balaban J connectivity index is 1.36. The van der Waals surface area contributed by atoms with Crippen LogP contribution in [0.4, 0.5) is 15.5 Å². The van der Waals surface area contributed by atoms with Crippen molar-refractivity contribution in [1.29, 1.82) is 0 Å². The van der Waals surface area contributed by atoms with E-state index in [9.17, 15) is 18.0 Å². The number of nitrogens with zero attached hydrogens (tertiary/aromatic N) is 2. The van der Waals surface area contributed by atoms with E-state index in [2.05, 4.69) is 12.2 Å². The molecule has 3 heterocycles. The van der Waals surface area contributed by atoms with Gasteiger partial charge >= 0.3 is 12.0 Å². The zero-order valence-electron chi connectivity index (χ0n) is 20.8. The molecule has 3 aliphatic rings. The zero-order chi connectivity index (χ0) is 25.4. The predicted molar refractivity (Wildman–Crippen MR) is 141 cm³/mol. The second kappa shape index (κ2) is 10.1. The lowest BCUT2D eigenvalue weighted by atomic mass is 9.95. The number of urea groups is 1. The highest BCUT2D eigenvalue weighted by molar-refractivity contribution is 7.89. The minimum absolute atomic E-state index is 0.276. The largest absolute Gasteiger partial charge is 0.462 e. The molecule has 8 nitrogen and oxygen atoms in total. The fourth-order valence-corrected chi connectivity index (χ4v) is 8.15. The van der Waals surface area contributed by atoms with Crippen molar-refractivity contribution in [1.82, 2.24) is 4.31 Å². The molecule has 1 aliphatic carbocycles. The van der Waals surface area contributed by atoms with Crippen LogP contribution in [0.5, 0.6) is 0 Å². The quantitative estimate of drug-likeness (QED) is 0.558. The fraction of sp³-hybridized carbons (Fsp3) is 0.538. The van der Waals surface area contributed by atoms with E-state index in [0.717, 1.165) is 54.5 Å². The molecule has 2 aromatic rings. The van der Waals surface area contributed by atoms with Gasteiger partial charge in [-0.2, -0.15) is 4.31 Å². The van der Waals surface area contributed by atoms with E-state index < -0.39 is 16.0 Å². The number of carbonyl (C=O) groups excluding carboxylic acids is 2. The van der Waals surface area contributed by atoms with Crippen molar-refractivity contribution in [3.05, 3.63) is 39.8 Å². The molecule has 0 bridgehead atoms. The summed E-state index contributed by atoms with van der Waals surface area (Å²) in [7, 11) is -3.55. The number of nitrogens with one attached hydrogen (secondary N) is 1. The normalized spacial score (nSPS) is 18.6. The van der Waals surface area contributed by atoms with Crippen LogP contribution in [0.25, 0.3) is 0 Å². The lowest BCUT2D eigenvalue weighted by Crippen LogP contribution is -2.37. The van der Waals surface area contributed by atoms with Gasteiger partial charge in [0.05, 0.1) is 17.1 Å². The molecule has 1 aromatic carbocycles. The van der Waals surface area contributed by atoms with Crippen molar-refractivity contribution in [3.8, 4) is 0 Å². The minimum atomic E-state index is -3.55. The molecule has 36 heavy (non-hydrogen) atoms. The number of rotatable bonds is 5. The minimum Gasteiger partial charge on any atom is -0.462 e. The SMILES string of the molecule is CCOC(=O)c1c(NC(=O)N2CCc3cc(S(=O)(=O)N4CCC(C)CC4)ccc32)sc2c1CCCC2. The molecular formula is C26H33N3O5S2. The third kappa shape index (κ3) is 4.66. The van der Waals surface area contributed by atoms with Crippen LogP contribution < -0.4 is 10.2 Å². The van der Waals surface area contributed by atoms with Crippen molar-refractivity contribution < 1.29 is 22.7 Å². The van der Waals surface area contributed by atoms with Gasteiger partial charge in [0.1, 0.15) is 5.00 Å². The van der Waals surface area contributed by atoms with Gasteiger partial charge in [-0.3, -0.25) is 10.2 Å². The number of fused-ring (bicyclic) bond motifs is 2. The van der Waals surface area contributed by atoms with Crippen LogP contribution in [0.2, 0.25) is 0 Å². The average Bonchev–Trinajstić information content (AvgIpc) is 3.45. The molecular weight excluding hydrogens is 498 g/mol. The van der Waals surface area contributed by atoms with Crippen LogP contribution in [-0.2, 0) is 34.0 Å². The topological polar surface area (TPSA) is 96.0 Å². The summed E-state index contributed by atoms with van der Waals surface area (Å²) in [6.45, 7) is 5.74. The van der Waals surface area contributed by atoms with Crippen LogP contribution >= 0.6 is 11.3 Å². The molecule has 2 amide bonds. The summed E-state index contributed by atoms with van der Waals surface area (Å²) in [5.41, 5.74) is 3.04. The van der Waals surface area contributed by atoms with Crippen LogP contribution in [0.1, 0.15) is 65.9 Å². The molecule has 0 spiro atoms. The number of carbonyl (C=O) groups is 2. The van der Waals surface area contributed by atoms with Crippen molar-refractivity contribution >= 4 is 44.0 Å². The van der Waals surface area contributed by atoms with Gasteiger partial charge in [-0.15, -0.1) is 11.3 Å². The van der Waals surface area contributed by atoms with Crippen LogP contribution in [0.15, 0.2) is 23.1 Å². The van der Waals surface area contributed by atoms with E-state index in [0.29, 0.717) is 48.2 Å². The van der Waals surface area contributed by atoms with Crippen LogP contribution in [0, 0.1) is 5.92 Å². The Labute approximate surface area is 216 Å². The number of ether oxygens (including phenoxy) is 1. The monoisotopic (exact) mass is 531 g/mol. The molecule has 0 unspecified atom stereocenters. The number of esters is 1. The van der Waals surface area contributed by atoms with Crippen molar-refractivity contribution in [2.45, 2.75) is 63.7 Å². The number of sulfonamides is 1. The molecule has 1 aromatic heterocycles. The lowest BCUT2D eigenvalue weighted by molar-refractivity contribution is 0.0526. The summed E-state index contributed by atoms with van der Waals surface area (Å²) in [5, 5.41) is 3.51. The van der Waals surface area contributed by atoms with Crippen LogP contribution in [0.3, 0.4) is 0 Å². The van der Waals surface area contributed by atoms with Crippen molar-refractivity contribution in [2.75, 3.05) is 36.5 Å². The zero-order valence-corrected chi connectivity index (χ0v) is 22.5. The first-order valence-electron chi connectivity index (χ1n) is 12.8. The third-order valence-electron chi connectivity index (χ3n) is 7.44. The molecule has 0 atom stereocenters. The van der Waals surface area contributed by atoms with Gasteiger partial charge in [-0.1, -0.05) is 6.92 Å². The summed E-state index contributed by atoms with van der Waals surface area (Å²) in [6, 6.07) is 4.72. The Morgan fingerprint density at radius 2 is 1.86 bits per heavy atom. The molecule has 1 fully saturated rings. The highest BCUT2D eigenvalue weighted by atomic mass is 32.2. The molecule has 194 valence electrons. The number of benzene rings is 1. The van der Waals surface area contributed by atoms with Crippen molar-refractivity contribution in [2.24, 2.45) is 5.92 Å². The standard InChI is InChI=1S/C26H33N3O5S2/c1-3-34-25(30)23-20-6-4-5-7-22(20)35-24(23)27-26(31)29-15-12-18-16-19(8-9-21(18)29)36(32,33)28-13-10-17(2)11-14-28/h8-9,16-17H,3-7,10-15H2,1-2H3,(H,27,31). The van der Waals surface area contributed by atoms with E-state index in [1.54, 1.807) is 34.3 Å². The van der Waals surface area contributed by atoms with E-state index in [1.165, 1.54) is 11.3 Å². The van der Waals surface area contributed by atoms with E-state index in [4.69, 9.17) is 4.74 Å². The Bertz CT molecular complexity index is 1280. The molecule has 1 N–H and O–H groups in total. The van der Waals surface area contributed by atoms with Gasteiger partial charge in [0, 0.05) is 30.2 Å². The first kappa shape index (κ1) is 25.2. The second-order valence-corrected chi connectivity index (χ2v) is 12.9. The Morgan fingerprint density at radius 3 is 2.61 bits per heavy atom. The van der Waals surface area contributed by atoms with E-state index >= 15 is 0 Å². The summed E-state index contributed by atoms with van der Waals surface area (Å²) in [4.78, 5) is 29.1. The molecule has 0 radical (unpaired) electrons. The molecule has 2 aliphatic heterocycles. The summed E-state index contributed by atoms with van der Waals surface area (Å²) >= 11 is 1.46. The van der Waals surface area contributed by atoms with Gasteiger partial charge in [0.2, 0.25) is 10.0 Å². The van der Waals surface area contributed by atoms with Gasteiger partial charge in [-0.25, -0.2) is 18.0 Å². The van der Waals surface area contributed by atoms with Crippen LogP contribution in [-0.4, -0.2) is 51.0 Å². The highest BCUT2D eigenvalue weighted by Gasteiger charge is 2.33. The van der Waals surface area contributed by atoms with Gasteiger partial charge in [-0.05, 0) is 87.1 Å². The van der Waals surface area contributed by atoms with Crippen molar-refractivity contribution in [3.63, 3.8) is 0 Å². The van der Waals surface area contributed by atoms with Gasteiger partial charge < -0.3 is 4.74 Å². The summed E-state index contributed by atoms with van der Waals surface area (Å²) in [5.74, 6) is 0.151. The van der Waals surface area contributed by atoms with E-state index in [-0.39, 0.29) is 17.5 Å². The maximum atomic E-state index is 13.3. The second-order valence-electron chi connectivity index (χ2n) is 9.84. The molecule has 5 rings (SSSR count). The Hall–Kier alpha value is -2.43. The number of hydrogen-bond donors (Lipinski definition) is 1. The summed E-state index contributed by atoms with van der Waals surface area (Å²) in [6.07, 6.45) is 6.14. The number of thiophene rings is 1. The number of hydrogen-bond acceptors (Lipinski definition) is 6. The Kier molecular flexibility index (Phi) is 7.11. The third-order valence-corrected chi connectivity index (χ3v) is 10.5. The van der Waals surface area contributed by atoms with Gasteiger partial charge in [0.25, 0.3) is 0 Å². The van der Waals surface area contributed by atoms with E-state index in [1.807, 2.05) is 0 Å². The number of piperidine rings is 1. The predicted octanol–water partition coefficient (Wildman–Crippen LogP) is 4.82. The first-order chi connectivity index (χ1) is 17.3. The molecule has 0 saturated carbocycles. The number of amides is 2. The summed E-state index contributed by atoms with van der Waals surface area (Å²) < 4.78 is 33.3. The fourth-order valence-electron chi connectivity index (χ4n) is 5.36.